The van der Waals surface area contributed by atoms with Crippen LogP contribution in [0.3, 0.4) is 0 Å². The Hall–Kier alpha value is -1.95. The number of carbonyl (C=O) groups is 1. The number of ether oxygens (including phenoxy) is 1. The second-order valence-electron chi connectivity index (χ2n) is 6.88. The smallest absolute Gasteiger partial charge is 0.209 e. The molecule has 0 aliphatic carbocycles. The van der Waals surface area contributed by atoms with Crippen LogP contribution in [0.2, 0.25) is 0 Å². The van der Waals surface area contributed by atoms with Crippen molar-refractivity contribution < 1.29 is 9.53 Å². The Morgan fingerprint density at radius 3 is 2.88 bits per heavy atom. The highest BCUT2D eigenvalue weighted by molar-refractivity contribution is 5.75. The van der Waals surface area contributed by atoms with Crippen LogP contribution in [0.15, 0.2) is 12.3 Å². The molecular formula is C18H24N4O2. The van der Waals surface area contributed by atoms with Crippen LogP contribution in [0.25, 0.3) is 11.2 Å². The molecule has 0 radical (unpaired) electrons. The summed E-state index contributed by atoms with van der Waals surface area (Å²) >= 11 is 0. The number of H-pyrrole nitrogens is 1. The van der Waals surface area contributed by atoms with E-state index in [1.165, 1.54) is 5.56 Å². The monoisotopic (exact) mass is 328 g/mol. The normalized spacial score (nSPS) is 23.3. The average Bonchev–Trinajstić information content (AvgIpc) is 2.93. The van der Waals surface area contributed by atoms with Crippen molar-refractivity contribution in [1.82, 2.24) is 19.9 Å². The predicted octanol–water partition coefficient (Wildman–Crippen LogP) is 2.58. The van der Waals surface area contributed by atoms with Crippen molar-refractivity contribution in [3.63, 3.8) is 0 Å². The van der Waals surface area contributed by atoms with Crippen LogP contribution in [0, 0.1) is 0 Å². The van der Waals surface area contributed by atoms with Gasteiger partial charge in [0.05, 0.1) is 0 Å². The van der Waals surface area contributed by atoms with E-state index in [2.05, 4.69) is 16.0 Å². The summed E-state index contributed by atoms with van der Waals surface area (Å²) in [4.78, 5) is 25.8. The summed E-state index contributed by atoms with van der Waals surface area (Å²) in [5.74, 6) is 1.95. The molecule has 0 spiro atoms. The van der Waals surface area contributed by atoms with Crippen LogP contribution >= 0.6 is 0 Å². The first-order valence-electron chi connectivity index (χ1n) is 8.97. The Labute approximate surface area is 141 Å². The predicted molar refractivity (Wildman–Crippen MR) is 90.9 cm³/mol. The number of pyridine rings is 1. The Balaban J connectivity index is 1.63. The van der Waals surface area contributed by atoms with Gasteiger partial charge in [0.1, 0.15) is 11.3 Å². The molecule has 0 bridgehead atoms. The molecule has 2 aliphatic rings. The molecule has 1 amide bonds. The molecule has 6 heteroatoms. The van der Waals surface area contributed by atoms with Crippen LogP contribution in [0.1, 0.15) is 55.3 Å². The first-order chi connectivity index (χ1) is 11.8. The van der Waals surface area contributed by atoms with Gasteiger partial charge in [-0.15, -0.1) is 0 Å². The van der Waals surface area contributed by atoms with E-state index in [-0.39, 0.29) is 0 Å². The third kappa shape index (κ3) is 3.02. The van der Waals surface area contributed by atoms with E-state index in [1.807, 2.05) is 11.1 Å². The fourth-order valence-electron chi connectivity index (χ4n) is 3.98. The zero-order valence-corrected chi connectivity index (χ0v) is 13.9. The number of fused-ring (bicyclic) bond motifs is 1. The number of aromatic amines is 1. The van der Waals surface area contributed by atoms with E-state index in [4.69, 9.17) is 9.72 Å². The van der Waals surface area contributed by atoms with Crippen molar-refractivity contribution in [3.05, 3.63) is 23.7 Å². The number of carbonyl (C=O) groups excluding carboxylic acids is 1. The van der Waals surface area contributed by atoms with E-state index < -0.39 is 0 Å². The van der Waals surface area contributed by atoms with E-state index in [0.717, 1.165) is 81.8 Å². The number of amides is 1. The summed E-state index contributed by atoms with van der Waals surface area (Å²) in [7, 11) is 0. The van der Waals surface area contributed by atoms with Gasteiger partial charge in [-0.1, -0.05) is 0 Å². The van der Waals surface area contributed by atoms with Crippen molar-refractivity contribution in [2.45, 2.75) is 43.9 Å². The third-order valence-corrected chi connectivity index (χ3v) is 5.39. The number of nitrogens with one attached hydrogen (secondary N) is 1. The largest absolute Gasteiger partial charge is 0.381 e. The van der Waals surface area contributed by atoms with Gasteiger partial charge in [-0.2, -0.15) is 0 Å². The van der Waals surface area contributed by atoms with Gasteiger partial charge in [0, 0.05) is 38.4 Å². The lowest BCUT2D eigenvalue weighted by Crippen LogP contribution is -2.22. The summed E-state index contributed by atoms with van der Waals surface area (Å²) in [5, 5.41) is 0. The molecule has 2 aliphatic heterocycles. The molecule has 4 heterocycles. The Morgan fingerprint density at radius 1 is 1.17 bits per heavy atom. The van der Waals surface area contributed by atoms with Crippen molar-refractivity contribution in [1.29, 1.82) is 0 Å². The van der Waals surface area contributed by atoms with E-state index in [0.29, 0.717) is 11.8 Å². The van der Waals surface area contributed by atoms with Gasteiger partial charge in [0.15, 0.2) is 5.65 Å². The minimum absolute atomic E-state index is 0.445. The molecule has 1 atom stereocenters. The van der Waals surface area contributed by atoms with Gasteiger partial charge in [-0.3, -0.25) is 4.79 Å². The molecule has 2 aromatic rings. The number of imidazole rings is 1. The van der Waals surface area contributed by atoms with Crippen LogP contribution in [-0.2, 0) is 9.53 Å². The molecule has 6 nitrogen and oxygen atoms in total. The van der Waals surface area contributed by atoms with Gasteiger partial charge in [-0.05, 0) is 49.7 Å². The first-order valence-corrected chi connectivity index (χ1v) is 8.97. The van der Waals surface area contributed by atoms with E-state index >= 15 is 0 Å². The minimum Gasteiger partial charge on any atom is -0.381 e. The average molecular weight is 328 g/mol. The Kier molecular flexibility index (Phi) is 4.47. The zero-order chi connectivity index (χ0) is 16.4. The fourth-order valence-corrected chi connectivity index (χ4v) is 3.98. The zero-order valence-electron chi connectivity index (χ0n) is 13.9. The molecule has 2 fully saturated rings. The standard InChI is InChI=1S/C18H24N4O2/c23-12-22-8-1-2-13(4-9-22)15-3-7-19-18-16(15)20-17(21-18)14-5-10-24-11-6-14/h3,7,12-14H,1-2,4-6,8-11H2,(H,19,20,21). The molecule has 2 saturated heterocycles. The van der Waals surface area contributed by atoms with E-state index in [9.17, 15) is 4.79 Å². The van der Waals surface area contributed by atoms with Gasteiger partial charge in [0.2, 0.25) is 6.41 Å². The van der Waals surface area contributed by atoms with Gasteiger partial charge in [0.25, 0.3) is 0 Å². The van der Waals surface area contributed by atoms with Crippen molar-refractivity contribution in [3.8, 4) is 0 Å². The number of hydrogen-bond donors (Lipinski definition) is 1. The minimum atomic E-state index is 0.445. The fraction of sp³-hybridized carbons (Fsp3) is 0.611. The van der Waals surface area contributed by atoms with Crippen molar-refractivity contribution in [2.24, 2.45) is 0 Å². The van der Waals surface area contributed by atoms with Crippen molar-refractivity contribution >= 4 is 17.6 Å². The van der Waals surface area contributed by atoms with E-state index in [1.54, 1.807) is 0 Å². The molecule has 4 rings (SSSR count). The summed E-state index contributed by atoms with van der Waals surface area (Å²) in [6.07, 6.45) is 8.04. The maximum atomic E-state index is 11.0. The number of hydrogen-bond acceptors (Lipinski definition) is 4. The van der Waals surface area contributed by atoms with Crippen LogP contribution < -0.4 is 0 Å². The molecular weight excluding hydrogens is 304 g/mol. The molecule has 0 aromatic carbocycles. The molecule has 128 valence electrons. The molecule has 0 saturated carbocycles. The van der Waals surface area contributed by atoms with Crippen LogP contribution in [-0.4, -0.2) is 52.6 Å². The van der Waals surface area contributed by atoms with Gasteiger partial charge in [-0.25, -0.2) is 9.97 Å². The highest BCUT2D eigenvalue weighted by Gasteiger charge is 2.24. The summed E-state index contributed by atoms with van der Waals surface area (Å²) < 4.78 is 5.46. The molecule has 24 heavy (non-hydrogen) atoms. The highest BCUT2D eigenvalue weighted by Crippen LogP contribution is 2.33. The number of nitrogens with zero attached hydrogens (tertiary/aromatic N) is 3. The maximum Gasteiger partial charge on any atom is 0.209 e. The highest BCUT2D eigenvalue weighted by atomic mass is 16.5. The van der Waals surface area contributed by atoms with Crippen LogP contribution in [0.4, 0.5) is 0 Å². The maximum absolute atomic E-state index is 11.0. The molecule has 2 aromatic heterocycles. The summed E-state index contributed by atoms with van der Waals surface area (Å²) in [5.41, 5.74) is 3.19. The SMILES string of the molecule is O=CN1CCCC(c2ccnc3[nH]c(C4CCOCC4)nc23)CC1. The quantitative estimate of drug-likeness (QED) is 0.879. The number of rotatable bonds is 3. The summed E-state index contributed by atoms with van der Waals surface area (Å²) in [6, 6.07) is 2.11. The van der Waals surface area contributed by atoms with Crippen molar-refractivity contribution in [2.75, 3.05) is 26.3 Å². The Morgan fingerprint density at radius 2 is 2.04 bits per heavy atom. The molecule has 1 N–H and O–H groups in total. The third-order valence-electron chi connectivity index (χ3n) is 5.39. The summed E-state index contributed by atoms with van der Waals surface area (Å²) in [6.45, 7) is 3.32. The lowest BCUT2D eigenvalue weighted by Gasteiger charge is -2.19. The molecule has 1 unspecified atom stereocenters. The second-order valence-corrected chi connectivity index (χ2v) is 6.88. The Bertz CT molecular complexity index is 708. The second kappa shape index (κ2) is 6.89. The van der Waals surface area contributed by atoms with Gasteiger partial charge >= 0.3 is 0 Å². The lowest BCUT2D eigenvalue weighted by atomic mass is 9.92. The van der Waals surface area contributed by atoms with Gasteiger partial charge < -0.3 is 14.6 Å². The number of likely N-dealkylation sites (tertiary alicyclic amines) is 1. The first kappa shape index (κ1) is 15.6. The number of aromatic nitrogens is 3. The van der Waals surface area contributed by atoms with Crippen LogP contribution in [0.5, 0.6) is 0 Å². The topological polar surface area (TPSA) is 71.1 Å². The lowest BCUT2D eigenvalue weighted by molar-refractivity contribution is -0.118.